The van der Waals surface area contributed by atoms with Crippen molar-refractivity contribution in [1.82, 2.24) is 9.78 Å². The summed E-state index contributed by atoms with van der Waals surface area (Å²) in [7, 11) is 1.38. The molecular formula is C15H19N3O2. The minimum Gasteiger partial charge on any atom is -0.467 e. The van der Waals surface area contributed by atoms with Crippen LogP contribution < -0.4 is 5.32 Å². The molecule has 1 N–H and O–H groups in total. The number of ether oxygens (including phenoxy) is 1. The number of aryl methyl sites for hydroxylation is 1. The zero-order valence-electron chi connectivity index (χ0n) is 12.2. The third-order valence-electron chi connectivity index (χ3n) is 3.21. The van der Waals surface area contributed by atoms with Gasteiger partial charge in [0.2, 0.25) is 0 Å². The van der Waals surface area contributed by atoms with Crippen molar-refractivity contribution in [2.45, 2.75) is 26.8 Å². The van der Waals surface area contributed by atoms with E-state index < -0.39 is 6.04 Å². The first-order valence-corrected chi connectivity index (χ1v) is 6.50. The largest absolute Gasteiger partial charge is 0.467 e. The van der Waals surface area contributed by atoms with Gasteiger partial charge in [-0.15, -0.1) is 0 Å². The van der Waals surface area contributed by atoms with Crippen LogP contribution in [-0.2, 0) is 9.53 Å². The van der Waals surface area contributed by atoms with Crippen LogP contribution in [0.25, 0.3) is 5.69 Å². The lowest BCUT2D eigenvalue weighted by Crippen LogP contribution is -2.27. The monoisotopic (exact) mass is 273 g/mol. The first kappa shape index (κ1) is 14.1. The summed E-state index contributed by atoms with van der Waals surface area (Å²) in [6.45, 7) is 5.66. The molecule has 0 spiro atoms. The summed E-state index contributed by atoms with van der Waals surface area (Å²) in [5.41, 5.74) is 3.67. The number of esters is 1. The van der Waals surface area contributed by atoms with E-state index >= 15 is 0 Å². The minimum absolute atomic E-state index is 0.295. The van der Waals surface area contributed by atoms with Crippen LogP contribution in [0.2, 0.25) is 0 Å². The summed E-state index contributed by atoms with van der Waals surface area (Å²) >= 11 is 0. The lowest BCUT2D eigenvalue weighted by atomic mass is 10.2. The standard InChI is InChI=1S/C15H19N3O2/c1-10-14(16-11(2)15(19)20-4)12(3)18(17-10)13-8-6-5-7-9-13/h5-9,11,16H,1-4H3/t11-/m0/s1. The molecule has 0 radical (unpaired) electrons. The topological polar surface area (TPSA) is 56.1 Å². The van der Waals surface area contributed by atoms with E-state index in [9.17, 15) is 4.79 Å². The average Bonchev–Trinajstić information content (AvgIpc) is 2.75. The fourth-order valence-electron chi connectivity index (χ4n) is 2.12. The smallest absolute Gasteiger partial charge is 0.327 e. The van der Waals surface area contributed by atoms with Gasteiger partial charge in [-0.25, -0.2) is 9.48 Å². The highest BCUT2D eigenvalue weighted by molar-refractivity contribution is 5.79. The molecule has 0 aliphatic carbocycles. The predicted octanol–water partition coefficient (Wildman–Crippen LogP) is 2.46. The minimum atomic E-state index is -0.411. The molecule has 0 aliphatic rings. The molecule has 1 aromatic carbocycles. The molecule has 0 amide bonds. The van der Waals surface area contributed by atoms with Gasteiger partial charge in [-0.1, -0.05) is 18.2 Å². The Morgan fingerprint density at radius 2 is 1.95 bits per heavy atom. The number of nitrogens with one attached hydrogen (secondary N) is 1. The Hall–Kier alpha value is -2.30. The van der Waals surface area contributed by atoms with Crippen LogP contribution in [0.3, 0.4) is 0 Å². The maximum Gasteiger partial charge on any atom is 0.327 e. The van der Waals surface area contributed by atoms with Crippen molar-refractivity contribution in [3.63, 3.8) is 0 Å². The van der Waals surface area contributed by atoms with Crippen molar-refractivity contribution in [1.29, 1.82) is 0 Å². The second-order valence-corrected chi connectivity index (χ2v) is 4.68. The van der Waals surface area contributed by atoms with Gasteiger partial charge in [0.15, 0.2) is 0 Å². The third kappa shape index (κ3) is 2.66. The number of rotatable bonds is 4. The van der Waals surface area contributed by atoms with Gasteiger partial charge in [0.1, 0.15) is 6.04 Å². The summed E-state index contributed by atoms with van der Waals surface area (Å²) in [4.78, 5) is 11.5. The van der Waals surface area contributed by atoms with E-state index in [-0.39, 0.29) is 5.97 Å². The van der Waals surface area contributed by atoms with Gasteiger partial charge < -0.3 is 10.1 Å². The molecule has 1 heterocycles. The molecule has 1 atom stereocenters. The first-order chi connectivity index (χ1) is 9.54. The number of benzene rings is 1. The summed E-state index contributed by atoms with van der Waals surface area (Å²) in [6, 6.07) is 9.48. The van der Waals surface area contributed by atoms with Crippen molar-refractivity contribution in [2.75, 3.05) is 12.4 Å². The molecule has 5 heteroatoms. The molecule has 106 valence electrons. The Labute approximate surface area is 118 Å². The van der Waals surface area contributed by atoms with Crippen LogP contribution in [0.15, 0.2) is 30.3 Å². The normalized spacial score (nSPS) is 12.0. The van der Waals surface area contributed by atoms with Crippen LogP contribution in [-0.4, -0.2) is 28.9 Å². The van der Waals surface area contributed by atoms with Gasteiger partial charge in [0, 0.05) is 0 Å². The van der Waals surface area contributed by atoms with Crippen molar-refractivity contribution >= 4 is 11.7 Å². The van der Waals surface area contributed by atoms with E-state index in [1.54, 1.807) is 6.92 Å². The lowest BCUT2D eigenvalue weighted by Gasteiger charge is -2.13. The zero-order valence-corrected chi connectivity index (χ0v) is 12.2. The Kier molecular flexibility index (Phi) is 4.08. The highest BCUT2D eigenvalue weighted by atomic mass is 16.5. The molecule has 0 fully saturated rings. The van der Waals surface area contributed by atoms with E-state index in [0.29, 0.717) is 0 Å². The molecule has 0 unspecified atom stereocenters. The molecule has 0 aliphatic heterocycles. The number of hydrogen-bond acceptors (Lipinski definition) is 4. The van der Waals surface area contributed by atoms with Gasteiger partial charge >= 0.3 is 5.97 Å². The number of aromatic nitrogens is 2. The number of carbonyl (C=O) groups excluding carboxylic acids is 1. The van der Waals surface area contributed by atoms with Crippen LogP contribution >= 0.6 is 0 Å². The lowest BCUT2D eigenvalue weighted by molar-refractivity contribution is -0.141. The third-order valence-corrected chi connectivity index (χ3v) is 3.21. The Morgan fingerprint density at radius 1 is 1.30 bits per heavy atom. The Balaban J connectivity index is 2.33. The second kappa shape index (κ2) is 5.77. The molecule has 2 rings (SSSR count). The maximum absolute atomic E-state index is 11.5. The van der Waals surface area contributed by atoms with E-state index in [2.05, 4.69) is 10.4 Å². The quantitative estimate of drug-likeness (QED) is 0.869. The van der Waals surface area contributed by atoms with Gasteiger partial charge in [0.25, 0.3) is 0 Å². The average molecular weight is 273 g/mol. The van der Waals surface area contributed by atoms with Crippen LogP contribution in [0.1, 0.15) is 18.3 Å². The molecule has 20 heavy (non-hydrogen) atoms. The molecule has 0 saturated heterocycles. The number of anilines is 1. The van der Waals surface area contributed by atoms with Gasteiger partial charge in [0.05, 0.1) is 29.9 Å². The fraction of sp³-hybridized carbons (Fsp3) is 0.333. The Bertz CT molecular complexity index is 605. The zero-order chi connectivity index (χ0) is 14.7. The highest BCUT2D eigenvalue weighted by Crippen LogP contribution is 2.23. The molecule has 1 aromatic heterocycles. The van der Waals surface area contributed by atoms with Crippen LogP contribution in [0, 0.1) is 13.8 Å². The summed E-state index contributed by atoms with van der Waals surface area (Å²) in [6.07, 6.45) is 0. The number of nitrogens with zero attached hydrogens (tertiary/aromatic N) is 2. The van der Waals surface area contributed by atoms with Gasteiger partial charge in [-0.2, -0.15) is 5.10 Å². The molecule has 2 aromatic rings. The van der Waals surface area contributed by atoms with E-state index in [1.807, 2.05) is 48.9 Å². The van der Waals surface area contributed by atoms with E-state index in [4.69, 9.17) is 4.74 Å². The summed E-state index contributed by atoms with van der Waals surface area (Å²) in [5.74, 6) is -0.295. The number of hydrogen-bond donors (Lipinski definition) is 1. The van der Waals surface area contributed by atoms with Gasteiger partial charge in [-0.3, -0.25) is 0 Å². The Morgan fingerprint density at radius 3 is 2.55 bits per heavy atom. The van der Waals surface area contributed by atoms with Gasteiger partial charge in [-0.05, 0) is 32.9 Å². The van der Waals surface area contributed by atoms with Crippen LogP contribution in [0.4, 0.5) is 5.69 Å². The number of para-hydroxylation sites is 1. The SMILES string of the molecule is COC(=O)[C@H](C)Nc1c(C)nn(-c2ccccc2)c1C. The van der Waals surface area contributed by atoms with Crippen molar-refractivity contribution < 1.29 is 9.53 Å². The van der Waals surface area contributed by atoms with Crippen molar-refractivity contribution in [2.24, 2.45) is 0 Å². The van der Waals surface area contributed by atoms with Crippen molar-refractivity contribution in [3.05, 3.63) is 41.7 Å². The summed E-state index contributed by atoms with van der Waals surface area (Å²) in [5, 5.41) is 7.68. The molecule has 0 saturated carbocycles. The summed E-state index contributed by atoms with van der Waals surface area (Å²) < 4.78 is 6.59. The second-order valence-electron chi connectivity index (χ2n) is 4.68. The molecular weight excluding hydrogens is 254 g/mol. The molecule has 5 nitrogen and oxygen atoms in total. The first-order valence-electron chi connectivity index (χ1n) is 6.50. The van der Waals surface area contributed by atoms with Crippen molar-refractivity contribution in [3.8, 4) is 5.69 Å². The van der Waals surface area contributed by atoms with E-state index in [1.165, 1.54) is 7.11 Å². The predicted molar refractivity (Wildman–Crippen MR) is 78.1 cm³/mol. The number of methoxy groups -OCH3 is 1. The van der Waals surface area contributed by atoms with Crippen LogP contribution in [0.5, 0.6) is 0 Å². The number of carbonyl (C=O) groups is 1. The van der Waals surface area contributed by atoms with E-state index in [0.717, 1.165) is 22.8 Å². The highest BCUT2D eigenvalue weighted by Gasteiger charge is 2.18. The maximum atomic E-state index is 11.5. The fourth-order valence-corrected chi connectivity index (χ4v) is 2.12. The molecule has 0 bridgehead atoms.